The molecule has 0 saturated heterocycles. The van der Waals surface area contributed by atoms with Gasteiger partial charge in [-0.2, -0.15) is 0 Å². The molecule has 158 valence electrons. The molecule has 7 heteroatoms. The van der Waals surface area contributed by atoms with E-state index in [1.165, 1.54) is 27.2 Å². The topological polar surface area (TPSA) is 90.9 Å². The number of nitrogens with one attached hydrogen (secondary N) is 1. The maximum atomic E-state index is 12.5. The van der Waals surface area contributed by atoms with Gasteiger partial charge in [-0.3, -0.25) is 9.59 Å². The van der Waals surface area contributed by atoms with Gasteiger partial charge >= 0.3 is 11.9 Å². The fourth-order valence-electron chi connectivity index (χ4n) is 2.73. The molecule has 0 saturated carbocycles. The highest BCUT2D eigenvalue weighted by Gasteiger charge is 2.20. The van der Waals surface area contributed by atoms with Crippen molar-refractivity contribution >= 4 is 23.9 Å². The van der Waals surface area contributed by atoms with E-state index in [4.69, 9.17) is 9.47 Å². The molecule has 0 spiro atoms. The summed E-state index contributed by atoms with van der Waals surface area (Å²) in [7, 11) is 2.74. The fourth-order valence-corrected chi connectivity index (χ4v) is 2.73. The molecule has 2 rings (SSSR count). The summed E-state index contributed by atoms with van der Waals surface area (Å²) < 4.78 is 15.3. The van der Waals surface area contributed by atoms with Gasteiger partial charge in [0.2, 0.25) is 5.91 Å². The van der Waals surface area contributed by atoms with Gasteiger partial charge in [-0.15, -0.1) is 0 Å². The van der Waals surface area contributed by atoms with Crippen LogP contribution in [0.25, 0.3) is 6.08 Å². The minimum absolute atomic E-state index is 0.0458. The Morgan fingerprint density at radius 3 is 2.33 bits per heavy atom. The molecule has 0 bridgehead atoms. The van der Waals surface area contributed by atoms with Crippen molar-refractivity contribution in [2.45, 2.75) is 26.3 Å². The second-order valence-electron chi connectivity index (χ2n) is 6.61. The highest BCUT2D eigenvalue weighted by atomic mass is 16.6. The van der Waals surface area contributed by atoms with Crippen molar-refractivity contribution in [2.75, 3.05) is 14.2 Å². The molecule has 2 aromatic rings. The SMILES string of the molecule is COC(=O)C=Cc1ccc(OC(=O)CC(NC(C)=O)c2ccc(C)cc2)c(OC)c1. The summed E-state index contributed by atoms with van der Waals surface area (Å²) in [5.74, 6) is -0.673. The van der Waals surface area contributed by atoms with E-state index in [2.05, 4.69) is 10.1 Å². The molecule has 2 aromatic carbocycles. The third-order valence-corrected chi connectivity index (χ3v) is 4.25. The molecule has 0 aliphatic carbocycles. The van der Waals surface area contributed by atoms with Crippen LogP contribution in [0, 0.1) is 6.92 Å². The van der Waals surface area contributed by atoms with Gasteiger partial charge in [0.05, 0.1) is 26.7 Å². The average Bonchev–Trinajstić information content (AvgIpc) is 2.72. The molecule has 0 heterocycles. The number of carbonyl (C=O) groups is 3. The van der Waals surface area contributed by atoms with Crippen LogP contribution < -0.4 is 14.8 Å². The number of hydrogen-bond donors (Lipinski definition) is 1. The quantitative estimate of drug-likeness (QED) is 0.407. The summed E-state index contributed by atoms with van der Waals surface area (Å²) in [6.07, 6.45) is 2.79. The molecule has 1 amide bonds. The van der Waals surface area contributed by atoms with Gasteiger partial charge in [0.1, 0.15) is 0 Å². The summed E-state index contributed by atoms with van der Waals surface area (Å²) >= 11 is 0. The Hall–Kier alpha value is -3.61. The van der Waals surface area contributed by atoms with Gasteiger partial charge in [0, 0.05) is 13.0 Å². The second-order valence-corrected chi connectivity index (χ2v) is 6.61. The van der Waals surface area contributed by atoms with E-state index in [1.54, 1.807) is 24.3 Å². The van der Waals surface area contributed by atoms with E-state index in [0.29, 0.717) is 11.3 Å². The predicted molar refractivity (Wildman–Crippen MR) is 112 cm³/mol. The first-order valence-corrected chi connectivity index (χ1v) is 9.30. The number of aryl methyl sites for hydroxylation is 1. The Morgan fingerprint density at radius 1 is 1.03 bits per heavy atom. The summed E-state index contributed by atoms with van der Waals surface area (Å²) in [5.41, 5.74) is 2.56. The predicted octanol–water partition coefficient (Wildman–Crippen LogP) is 3.36. The largest absolute Gasteiger partial charge is 0.493 e. The highest BCUT2D eigenvalue weighted by molar-refractivity contribution is 5.87. The number of carbonyl (C=O) groups excluding carboxylic acids is 3. The molecular formula is C23H25NO6. The number of methoxy groups -OCH3 is 2. The van der Waals surface area contributed by atoms with Crippen LogP contribution >= 0.6 is 0 Å². The Kier molecular flexibility index (Phi) is 8.17. The van der Waals surface area contributed by atoms with E-state index >= 15 is 0 Å². The molecular weight excluding hydrogens is 386 g/mol. The van der Waals surface area contributed by atoms with Crippen molar-refractivity contribution < 1.29 is 28.6 Å². The average molecular weight is 411 g/mol. The first kappa shape index (κ1) is 22.7. The van der Waals surface area contributed by atoms with E-state index < -0.39 is 18.0 Å². The lowest BCUT2D eigenvalue weighted by atomic mass is 10.0. The highest BCUT2D eigenvalue weighted by Crippen LogP contribution is 2.29. The van der Waals surface area contributed by atoms with Crippen LogP contribution in [-0.2, 0) is 19.1 Å². The molecule has 1 N–H and O–H groups in total. The molecule has 30 heavy (non-hydrogen) atoms. The summed E-state index contributed by atoms with van der Waals surface area (Å²) in [4.78, 5) is 35.4. The van der Waals surface area contributed by atoms with Crippen molar-refractivity contribution in [3.63, 3.8) is 0 Å². The monoisotopic (exact) mass is 411 g/mol. The maximum absolute atomic E-state index is 12.5. The summed E-state index contributed by atoms with van der Waals surface area (Å²) in [5, 5.41) is 2.78. The van der Waals surface area contributed by atoms with E-state index in [0.717, 1.165) is 11.1 Å². The van der Waals surface area contributed by atoms with Crippen LogP contribution in [0.15, 0.2) is 48.5 Å². The first-order chi connectivity index (χ1) is 14.3. The number of ether oxygens (including phenoxy) is 3. The van der Waals surface area contributed by atoms with Gasteiger partial charge in [0.15, 0.2) is 11.5 Å². The maximum Gasteiger partial charge on any atom is 0.330 e. The standard InChI is InChI=1S/C23H25NO6/c1-15-5-9-18(10-6-15)19(24-16(2)25)14-23(27)30-20-11-7-17(13-21(20)28-3)8-12-22(26)29-4/h5-13,19H,14H2,1-4H3,(H,24,25). The summed E-state index contributed by atoms with van der Waals surface area (Å²) in [6, 6.07) is 11.9. The third kappa shape index (κ3) is 6.77. The van der Waals surface area contributed by atoms with Crippen molar-refractivity contribution in [3.05, 3.63) is 65.2 Å². The zero-order valence-corrected chi connectivity index (χ0v) is 17.4. The molecule has 0 radical (unpaired) electrons. The number of benzene rings is 2. The molecule has 1 atom stereocenters. The lowest BCUT2D eigenvalue weighted by Gasteiger charge is -2.18. The van der Waals surface area contributed by atoms with Crippen LogP contribution in [0.4, 0.5) is 0 Å². The lowest BCUT2D eigenvalue weighted by Crippen LogP contribution is -2.29. The number of esters is 2. The van der Waals surface area contributed by atoms with E-state index in [1.807, 2.05) is 31.2 Å². The van der Waals surface area contributed by atoms with Crippen LogP contribution in [0.1, 0.15) is 36.1 Å². The van der Waals surface area contributed by atoms with Gasteiger partial charge in [-0.1, -0.05) is 35.9 Å². The number of amides is 1. The van der Waals surface area contributed by atoms with Crippen LogP contribution in [0.3, 0.4) is 0 Å². The molecule has 0 aliphatic heterocycles. The zero-order valence-electron chi connectivity index (χ0n) is 17.4. The van der Waals surface area contributed by atoms with Crippen molar-refractivity contribution in [1.29, 1.82) is 0 Å². The first-order valence-electron chi connectivity index (χ1n) is 9.30. The van der Waals surface area contributed by atoms with E-state index in [-0.39, 0.29) is 18.1 Å². The van der Waals surface area contributed by atoms with Crippen LogP contribution in [0.2, 0.25) is 0 Å². The number of rotatable bonds is 8. The van der Waals surface area contributed by atoms with Gasteiger partial charge in [0.25, 0.3) is 0 Å². The van der Waals surface area contributed by atoms with Crippen molar-refractivity contribution in [1.82, 2.24) is 5.32 Å². The Morgan fingerprint density at radius 2 is 1.73 bits per heavy atom. The number of hydrogen-bond acceptors (Lipinski definition) is 6. The molecule has 1 unspecified atom stereocenters. The van der Waals surface area contributed by atoms with Crippen molar-refractivity contribution in [2.24, 2.45) is 0 Å². The smallest absolute Gasteiger partial charge is 0.330 e. The van der Waals surface area contributed by atoms with E-state index in [9.17, 15) is 14.4 Å². The van der Waals surface area contributed by atoms with Crippen molar-refractivity contribution in [3.8, 4) is 11.5 Å². The Labute approximate surface area is 175 Å². The molecule has 0 aromatic heterocycles. The van der Waals surface area contributed by atoms with Gasteiger partial charge < -0.3 is 19.5 Å². The van der Waals surface area contributed by atoms with Gasteiger partial charge in [-0.05, 0) is 36.3 Å². The Balaban J connectivity index is 2.14. The zero-order chi connectivity index (χ0) is 22.1. The lowest BCUT2D eigenvalue weighted by molar-refractivity contribution is -0.136. The third-order valence-electron chi connectivity index (χ3n) is 4.25. The second kappa shape index (κ2) is 10.8. The van der Waals surface area contributed by atoms with Crippen LogP contribution in [0.5, 0.6) is 11.5 Å². The molecule has 0 aliphatic rings. The summed E-state index contributed by atoms with van der Waals surface area (Å²) in [6.45, 7) is 3.36. The minimum Gasteiger partial charge on any atom is -0.493 e. The van der Waals surface area contributed by atoms with Gasteiger partial charge in [-0.25, -0.2) is 4.79 Å². The molecule has 0 fully saturated rings. The Bertz CT molecular complexity index is 933. The minimum atomic E-state index is -0.523. The normalized spacial score (nSPS) is 11.6. The molecule has 7 nitrogen and oxygen atoms in total. The van der Waals surface area contributed by atoms with Crippen LogP contribution in [-0.4, -0.2) is 32.1 Å². The fraction of sp³-hybridized carbons (Fsp3) is 0.261.